The van der Waals surface area contributed by atoms with Crippen molar-refractivity contribution in [3.63, 3.8) is 0 Å². The first kappa shape index (κ1) is 18.4. The fourth-order valence-corrected chi connectivity index (χ4v) is 4.02. The number of hydrogen-bond acceptors (Lipinski definition) is 5. The topological polar surface area (TPSA) is 66.5 Å². The third-order valence-corrected chi connectivity index (χ3v) is 5.60. The number of aryl methyl sites for hydroxylation is 1. The molecule has 0 aliphatic carbocycles. The fourth-order valence-electron chi connectivity index (χ4n) is 2.45. The Bertz CT molecular complexity index is 842. The Hall–Kier alpha value is -2.38. The van der Waals surface area contributed by atoms with Gasteiger partial charge in [-0.25, -0.2) is 0 Å². The number of carbonyl (C=O) groups is 3. The van der Waals surface area contributed by atoms with Crippen molar-refractivity contribution in [2.75, 3.05) is 13.1 Å². The van der Waals surface area contributed by atoms with Gasteiger partial charge in [-0.05, 0) is 41.8 Å². The van der Waals surface area contributed by atoms with Crippen molar-refractivity contribution in [2.45, 2.75) is 13.3 Å². The Labute approximate surface area is 160 Å². The first-order chi connectivity index (χ1) is 12.5. The minimum atomic E-state index is -0.312. The molecule has 1 fully saturated rings. The summed E-state index contributed by atoms with van der Waals surface area (Å²) in [6.07, 6.45) is 2.03. The van der Waals surface area contributed by atoms with E-state index in [9.17, 15) is 14.4 Å². The summed E-state index contributed by atoms with van der Waals surface area (Å²) in [6.45, 7) is 2.41. The number of amides is 3. The van der Waals surface area contributed by atoms with Crippen molar-refractivity contribution in [1.29, 1.82) is 0 Å². The molecule has 1 aromatic carbocycles. The minimum Gasteiger partial charge on any atom is -0.354 e. The Kier molecular flexibility index (Phi) is 5.90. The van der Waals surface area contributed by atoms with E-state index in [-0.39, 0.29) is 30.1 Å². The molecule has 3 amide bonds. The Balaban J connectivity index is 1.54. The van der Waals surface area contributed by atoms with Gasteiger partial charge < -0.3 is 5.32 Å². The van der Waals surface area contributed by atoms with Crippen LogP contribution in [0.5, 0.6) is 0 Å². The SMILES string of the molecule is Cc1ccc(C=C2SC(=O)N(CCNC(=O)Cc3cccs3)C2=O)cc1. The third kappa shape index (κ3) is 4.62. The van der Waals surface area contributed by atoms with E-state index in [0.717, 1.165) is 27.8 Å². The van der Waals surface area contributed by atoms with Crippen molar-refractivity contribution in [3.05, 3.63) is 62.7 Å². The number of nitrogens with one attached hydrogen (secondary N) is 1. The number of nitrogens with zero attached hydrogens (tertiary/aromatic N) is 1. The predicted molar refractivity (Wildman–Crippen MR) is 105 cm³/mol. The molecule has 1 aliphatic rings. The predicted octanol–water partition coefficient (Wildman–Crippen LogP) is 3.45. The van der Waals surface area contributed by atoms with Crippen LogP contribution in [0.1, 0.15) is 16.0 Å². The highest BCUT2D eigenvalue weighted by Crippen LogP contribution is 2.31. The van der Waals surface area contributed by atoms with Gasteiger partial charge in [-0.3, -0.25) is 19.3 Å². The number of hydrogen-bond donors (Lipinski definition) is 1. The smallest absolute Gasteiger partial charge is 0.293 e. The summed E-state index contributed by atoms with van der Waals surface area (Å²) < 4.78 is 0. The van der Waals surface area contributed by atoms with Gasteiger partial charge in [0.15, 0.2) is 0 Å². The largest absolute Gasteiger partial charge is 0.354 e. The number of benzene rings is 1. The van der Waals surface area contributed by atoms with Gasteiger partial charge in [0.2, 0.25) is 5.91 Å². The van der Waals surface area contributed by atoms with Gasteiger partial charge in [0.05, 0.1) is 11.3 Å². The second-order valence-electron chi connectivity index (χ2n) is 5.85. The van der Waals surface area contributed by atoms with Crippen LogP contribution in [-0.2, 0) is 16.0 Å². The van der Waals surface area contributed by atoms with Crippen LogP contribution < -0.4 is 5.32 Å². The number of imide groups is 1. The summed E-state index contributed by atoms with van der Waals surface area (Å²) in [5.41, 5.74) is 2.01. The van der Waals surface area contributed by atoms with Gasteiger partial charge in [-0.2, -0.15) is 0 Å². The van der Waals surface area contributed by atoms with E-state index in [2.05, 4.69) is 5.32 Å². The highest BCUT2D eigenvalue weighted by atomic mass is 32.2. The van der Waals surface area contributed by atoms with Gasteiger partial charge in [-0.15, -0.1) is 11.3 Å². The molecule has 0 atom stereocenters. The summed E-state index contributed by atoms with van der Waals surface area (Å²) in [5, 5.41) is 4.37. The van der Waals surface area contributed by atoms with Crippen LogP contribution in [0.15, 0.2) is 46.7 Å². The molecule has 0 bridgehead atoms. The van der Waals surface area contributed by atoms with Gasteiger partial charge in [0, 0.05) is 18.0 Å². The molecule has 1 aliphatic heterocycles. The van der Waals surface area contributed by atoms with E-state index < -0.39 is 0 Å². The van der Waals surface area contributed by atoms with Crippen LogP contribution in [0.3, 0.4) is 0 Å². The lowest BCUT2D eigenvalue weighted by atomic mass is 10.1. The second-order valence-corrected chi connectivity index (χ2v) is 7.88. The molecular formula is C19H18N2O3S2. The van der Waals surface area contributed by atoms with Crippen LogP contribution in [0.25, 0.3) is 6.08 Å². The molecular weight excluding hydrogens is 368 g/mol. The molecule has 1 N–H and O–H groups in total. The lowest BCUT2D eigenvalue weighted by molar-refractivity contribution is -0.124. The average Bonchev–Trinajstić information content (AvgIpc) is 3.20. The van der Waals surface area contributed by atoms with E-state index in [1.807, 2.05) is 48.7 Å². The zero-order chi connectivity index (χ0) is 18.5. The lowest BCUT2D eigenvalue weighted by Gasteiger charge is -2.12. The molecule has 0 unspecified atom stereocenters. The first-order valence-electron chi connectivity index (χ1n) is 8.14. The molecule has 0 saturated carbocycles. The Morgan fingerprint density at radius 1 is 1.19 bits per heavy atom. The first-order valence-corrected chi connectivity index (χ1v) is 9.83. The average molecular weight is 386 g/mol. The maximum Gasteiger partial charge on any atom is 0.293 e. The van der Waals surface area contributed by atoms with Gasteiger partial charge >= 0.3 is 0 Å². The summed E-state index contributed by atoms with van der Waals surface area (Å²) in [5.74, 6) is -0.428. The number of carbonyl (C=O) groups excluding carboxylic acids is 3. The van der Waals surface area contributed by atoms with E-state index in [0.29, 0.717) is 11.3 Å². The number of thiophene rings is 1. The van der Waals surface area contributed by atoms with Crippen molar-refractivity contribution in [2.24, 2.45) is 0 Å². The summed E-state index contributed by atoms with van der Waals surface area (Å²) in [7, 11) is 0. The van der Waals surface area contributed by atoms with E-state index in [4.69, 9.17) is 0 Å². The van der Waals surface area contributed by atoms with E-state index in [1.165, 1.54) is 16.2 Å². The molecule has 1 aromatic heterocycles. The van der Waals surface area contributed by atoms with Crippen molar-refractivity contribution in [1.82, 2.24) is 10.2 Å². The molecule has 0 radical (unpaired) electrons. The van der Waals surface area contributed by atoms with Crippen molar-refractivity contribution < 1.29 is 14.4 Å². The van der Waals surface area contributed by atoms with Crippen LogP contribution >= 0.6 is 23.1 Å². The highest BCUT2D eigenvalue weighted by Gasteiger charge is 2.34. The lowest BCUT2D eigenvalue weighted by Crippen LogP contribution is -2.37. The van der Waals surface area contributed by atoms with Crippen molar-refractivity contribution >= 4 is 46.2 Å². The van der Waals surface area contributed by atoms with Crippen LogP contribution in [0, 0.1) is 6.92 Å². The molecule has 134 valence electrons. The zero-order valence-electron chi connectivity index (χ0n) is 14.2. The maximum absolute atomic E-state index is 12.4. The van der Waals surface area contributed by atoms with Gasteiger partial charge in [0.25, 0.3) is 11.1 Å². The molecule has 5 nitrogen and oxygen atoms in total. The van der Waals surface area contributed by atoms with E-state index in [1.54, 1.807) is 6.08 Å². The number of rotatable bonds is 6. The summed E-state index contributed by atoms with van der Waals surface area (Å²) >= 11 is 2.45. The van der Waals surface area contributed by atoms with Gasteiger partial charge in [0.1, 0.15) is 0 Å². The zero-order valence-corrected chi connectivity index (χ0v) is 15.9. The molecule has 0 spiro atoms. The van der Waals surface area contributed by atoms with Crippen LogP contribution in [-0.4, -0.2) is 35.0 Å². The molecule has 1 saturated heterocycles. The molecule has 2 aromatic rings. The summed E-state index contributed by atoms with van der Waals surface area (Å²) in [4.78, 5) is 38.9. The van der Waals surface area contributed by atoms with Crippen LogP contribution in [0.4, 0.5) is 4.79 Å². The quantitative estimate of drug-likeness (QED) is 0.772. The third-order valence-electron chi connectivity index (χ3n) is 3.82. The molecule has 26 heavy (non-hydrogen) atoms. The monoisotopic (exact) mass is 386 g/mol. The standard InChI is InChI=1S/C19H18N2O3S2/c1-13-4-6-14(7-5-13)11-16-18(23)21(19(24)26-16)9-8-20-17(22)12-15-3-2-10-25-15/h2-7,10-11H,8-9,12H2,1H3,(H,20,22). The fraction of sp³-hybridized carbons (Fsp3) is 0.211. The van der Waals surface area contributed by atoms with Crippen molar-refractivity contribution in [3.8, 4) is 0 Å². The minimum absolute atomic E-state index is 0.116. The van der Waals surface area contributed by atoms with Gasteiger partial charge in [-0.1, -0.05) is 35.9 Å². The Morgan fingerprint density at radius 2 is 1.96 bits per heavy atom. The molecule has 3 rings (SSSR count). The maximum atomic E-state index is 12.4. The summed E-state index contributed by atoms with van der Waals surface area (Å²) in [6, 6.07) is 11.5. The number of thioether (sulfide) groups is 1. The van der Waals surface area contributed by atoms with Crippen LogP contribution in [0.2, 0.25) is 0 Å². The second kappa shape index (κ2) is 8.33. The highest BCUT2D eigenvalue weighted by molar-refractivity contribution is 8.18. The molecule has 2 heterocycles. The van der Waals surface area contributed by atoms with E-state index >= 15 is 0 Å². The molecule has 7 heteroatoms. The Morgan fingerprint density at radius 3 is 2.65 bits per heavy atom. The normalized spacial score (nSPS) is 15.7.